The number of amides is 4. The lowest BCUT2D eigenvalue weighted by Crippen LogP contribution is -2.51. The number of allylic oxidation sites excluding steroid dienone is 2. The number of rotatable bonds is 2. The quantitative estimate of drug-likeness (QED) is 0.576. The third-order valence-corrected chi connectivity index (χ3v) is 2.01. The molecule has 6 nitrogen and oxygen atoms in total. The zero-order valence-electron chi connectivity index (χ0n) is 8.60. The minimum Gasteiger partial charge on any atom is -0.465 e. The molecule has 4 amide bonds. The molecule has 17 heavy (non-hydrogen) atoms. The summed E-state index contributed by atoms with van der Waals surface area (Å²) < 4.78 is 5.02. The smallest absolute Gasteiger partial charge is 0.328 e. The van der Waals surface area contributed by atoms with Gasteiger partial charge in [0.1, 0.15) is 11.3 Å². The van der Waals surface area contributed by atoms with Crippen molar-refractivity contribution in [3.05, 3.63) is 41.9 Å². The Hall–Kier alpha value is -2.63. The Morgan fingerprint density at radius 1 is 1.12 bits per heavy atom. The first-order chi connectivity index (χ1) is 8.16. The number of nitrogens with one attached hydrogen (secondary N) is 2. The summed E-state index contributed by atoms with van der Waals surface area (Å²) >= 11 is 0. The van der Waals surface area contributed by atoms with Gasteiger partial charge in [0.05, 0.1) is 6.26 Å². The number of urea groups is 1. The SMILES string of the molecule is O=C1NC(=O)C(=CC=Cc2ccco2)C(=O)N1. The third-order valence-electron chi connectivity index (χ3n) is 2.01. The first kappa shape index (κ1) is 10.9. The van der Waals surface area contributed by atoms with Crippen LogP contribution in [0.1, 0.15) is 5.76 Å². The van der Waals surface area contributed by atoms with Crippen LogP contribution in [0.5, 0.6) is 0 Å². The predicted molar refractivity (Wildman–Crippen MR) is 57.5 cm³/mol. The van der Waals surface area contributed by atoms with E-state index in [9.17, 15) is 14.4 Å². The summed E-state index contributed by atoms with van der Waals surface area (Å²) in [5.41, 5.74) is -0.132. The normalized spacial score (nSPS) is 16.0. The largest absolute Gasteiger partial charge is 0.465 e. The number of furan rings is 1. The first-order valence-corrected chi connectivity index (χ1v) is 4.75. The molecule has 0 atom stereocenters. The van der Waals surface area contributed by atoms with Crippen LogP contribution >= 0.6 is 0 Å². The molecule has 1 aromatic heterocycles. The van der Waals surface area contributed by atoms with Crippen molar-refractivity contribution in [3.63, 3.8) is 0 Å². The Kier molecular flexibility index (Phi) is 2.87. The van der Waals surface area contributed by atoms with E-state index in [-0.39, 0.29) is 5.57 Å². The van der Waals surface area contributed by atoms with Crippen LogP contribution in [-0.2, 0) is 9.59 Å². The molecule has 0 unspecified atom stereocenters. The minimum absolute atomic E-state index is 0.132. The highest BCUT2D eigenvalue weighted by atomic mass is 16.3. The van der Waals surface area contributed by atoms with Gasteiger partial charge in [-0.05, 0) is 24.3 Å². The van der Waals surface area contributed by atoms with Crippen LogP contribution in [-0.4, -0.2) is 17.8 Å². The Labute approximate surface area is 96.0 Å². The van der Waals surface area contributed by atoms with Crippen LogP contribution in [0.25, 0.3) is 6.08 Å². The fourth-order valence-corrected chi connectivity index (χ4v) is 1.25. The lowest BCUT2D eigenvalue weighted by atomic mass is 10.2. The second-order valence-corrected chi connectivity index (χ2v) is 3.19. The summed E-state index contributed by atoms with van der Waals surface area (Å²) in [4.78, 5) is 33.3. The topological polar surface area (TPSA) is 88.4 Å². The zero-order valence-corrected chi connectivity index (χ0v) is 8.60. The van der Waals surface area contributed by atoms with Crippen molar-refractivity contribution in [2.45, 2.75) is 0 Å². The molecular formula is C11H8N2O4. The van der Waals surface area contributed by atoms with Crippen molar-refractivity contribution in [1.29, 1.82) is 0 Å². The van der Waals surface area contributed by atoms with E-state index in [0.29, 0.717) is 5.76 Å². The molecule has 2 heterocycles. The fourth-order valence-electron chi connectivity index (χ4n) is 1.25. The highest BCUT2D eigenvalue weighted by Crippen LogP contribution is 2.05. The maximum atomic E-state index is 11.3. The highest BCUT2D eigenvalue weighted by Gasteiger charge is 2.26. The van der Waals surface area contributed by atoms with Crippen molar-refractivity contribution in [2.24, 2.45) is 0 Å². The Morgan fingerprint density at radius 3 is 2.41 bits per heavy atom. The summed E-state index contributed by atoms with van der Waals surface area (Å²) in [6.45, 7) is 0. The van der Waals surface area contributed by atoms with E-state index in [1.807, 2.05) is 10.6 Å². The lowest BCUT2D eigenvalue weighted by molar-refractivity contribution is -0.124. The number of carbonyl (C=O) groups excluding carboxylic acids is 3. The van der Waals surface area contributed by atoms with E-state index < -0.39 is 17.8 Å². The summed E-state index contributed by atoms with van der Waals surface area (Å²) in [5.74, 6) is -0.847. The molecule has 1 fully saturated rings. The summed E-state index contributed by atoms with van der Waals surface area (Å²) in [7, 11) is 0. The van der Waals surface area contributed by atoms with Crippen LogP contribution in [0.15, 0.2) is 40.5 Å². The average Bonchev–Trinajstić information content (AvgIpc) is 2.74. The van der Waals surface area contributed by atoms with Crippen LogP contribution in [0.2, 0.25) is 0 Å². The number of imide groups is 2. The highest BCUT2D eigenvalue weighted by molar-refractivity contribution is 6.29. The molecule has 6 heteroatoms. The van der Waals surface area contributed by atoms with Gasteiger partial charge < -0.3 is 4.42 Å². The molecule has 1 saturated heterocycles. The van der Waals surface area contributed by atoms with Crippen molar-refractivity contribution < 1.29 is 18.8 Å². The molecule has 1 aliphatic rings. The monoisotopic (exact) mass is 232 g/mol. The molecule has 0 bridgehead atoms. The summed E-state index contributed by atoms with van der Waals surface area (Å²) in [5, 5.41) is 3.94. The number of hydrogen-bond donors (Lipinski definition) is 2. The maximum absolute atomic E-state index is 11.3. The van der Waals surface area contributed by atoms with Gasteiger partial charge in [0, 0.05) is 0 Å². The minimum atomic E-state index is -0.813. The Bertz CT molecular complexity index is 504. The van der Waals surface area contributed by atoms with E-state index in [1.54, 1.807) is 18.2 Å². The van der Waals surface area contributed by atoms with Gasteiger partial charge in [-0.25, -0.2) is 4.79 Å². The Morgan fingerprint density at radius 2 is 1.82 bits per heavy atom. The Balaban J connectivity index is 2.13. The summed E-state index contributed by atoms with van der Waals surface area (Å²) in [6.07, 6.45) is 5.89. The number of hydrogen-bond acceptors (Lipinski definition) is 4. The van der Waals surface area contributed by atoms with Gasteiger partial charge in [-0.2, -0.15) is 0 Å². The molecule has 0 spiro atoms. The molecule has 86 valence electrons. The van der Waals surface area contributed by atoms with Gasteiger partial charge in [-0.15, -0.1) is 0 Å². The van der Waals surface area contributed by atoms with E-state index in [2.05, 4.69) is 0 Å². The van der Waals surface area contributed by atoms with E-state index in [4.69, 9.17) is 4.42 Å². The predicted octanol–water partition coefficient (Wildman–Crippen LogP) is 0.585. The molecule has 0 saturated carbocycles. The van der Waals surface area contributed by atoms with Crippen LogP contribution in [0.4, 0.5) is 4.79 Å². The molecule has 0 aliphatic carbocycles. The van der Waals surface area contributed by atoms with Gasteiger partial charge in [-0.1, -0.05) is 6.08 Å². The van der Waals surface area contributed by atoms with E-state index in [1.165, 1.54) is 18.4 Å². The molecule has 0 radical (unpaired) electrons. The second-order valence-electron chi connectivity index (χ2n) is 3.19. The van der Waals surface area contributed by atoms with Gasteiger partial charge in [0.25, 0.3) is 11.8 Å². The van der Waals surface area contributed by atoms with Crippen molar-refractivity contribution in [2.75, 3.05) is 0 Å². The standard InChI is InChI=1S/C11H8N2O4/c14-9-8(10(15)13-11(16)12-9)5-1-3-7-4-2-6-17-7/h1-6H,(H2,12,13,14,15,16). The van der Waals surface area contributed by atoms with Crippen molar-refractivity contribution in [1.82, 2.24) is 10.6 Å². The second kappa shape index (κ2) is 4.48. The zero-order chi connectivity index (χ0) is 12.3. The van der Waals surface area contributed by atoms with Gasteiger partial charge in [0.15, 0.2) is 0 Å². The van der Waals surface area contributed by atoms with Crippen molar-refractivity contribution in [3.8, 4) is 0 Å². The van der Waals surface area contributed by atoms with Crippen LogP contribution < -0.4 is 10.6 Å². The van der Waals surface area contributed by atoms with E-state index >= 15 is 0 Å². The maximum Gasteiger partial charge on any atom is 0.328 e. The average molecular weight is 232 g/mol. The molecule has 0 aromatic carbocycles. The third kappa shape index (κ3) is 2.49. The number of carbonyl (C=O) groups is 3. The molecule has 1 aromatic rings. The summed E-state index contributed by atoms with van der Waals surface area (Å²) in [6, 6.07) is 2.62. The number of barbiturate groups is 1. The van der Waals surface area contributed by atoms with Gasteiger partial charge in [-0.3, -0.25) is 20.2 Å². The van der Waals surface area contributed by atoms with Crippen molar-refractivity contribution >= 4 is 23.9 Å². The molecule has 2 rings (SSSR count). The molecule has 1 aliphatic heterocycles. The van der Waals surface area contributed by atoms with Crippen LogP contribution in [0, 0.1) is 0 Å². The van der Waals surface area contributed by atoms with E-state index in [0.717, 1.165) is 0 Å². The first-order valence-electron chi connectivity index (χ1n) is 4.75. The van der Waals surface area contributed by atoms with Gasteiger partial charge in [0.2, 0.25) is 0 Å². The fraction of sp³-hybridized carbons (Fsp3) is 0. The lowest BCUT2D eigenvalue weighted by Gasteiger charge is -2.12. The van der Waals surface area contributed by atoms with Gasteiger partial charge >= 0.3 is 6.03 Å². The molecule has 2 N–H and O–H groups in total. The molecular weight excluding hydrogens is 224 g/mol. The van der Waals surface area contributed by atoms with Crippen LogP contribution in [0.3, 0.4) is 0 Å².